The molecule has 0 atom stereocenters. The third-order valence-corrected chi connectivity index (χ3v) is 2.48. The molecule has 0 saturated heterocycles. The van der Waals surface area contributed by atoms with Gasteiger partial charge in [-0.3, -0.25) is 4.79 Å². The van der Waals surface area contributed by atoms with Gasteiger partial charge in [-0.15, -0.1) is 0 Å². The number of halogens is 1. The second kappa shape index (κ2) is 2.56. The van der Waals surface area contributed by atoms with E-state index in [2.05, 4.69) is 15.9 Å². The lowest BCUT2D eigenvalue weighted by atomic mass is 10.1. The smallest absolute Gasteiger partial charge is 0.189 e. The number of carbonyl (C=O) groups is 1. The number of rotatable bonds is 0. The molecule has 0 saturated carbocycles. The first-order valence-electron chi connectivity index (χ1n) is 3.71. The SMILES string of the molecule is CC1=Cc2cc(Br)ccc2C1=O. The molecule has 0 radical (unpaired) electrons. The molecule has 1 nitrogen and oxygen atoms in total. The van der Waals surface area contributed by atoms with E-state index in [0.717, 1.165) is 21.2 Å². The van der Waals surface area contributed by atoms with Gasteiger partial charge in [0, 0.05) is 10.0 Å². The Morgan fingerprint density at radius 3 is 2.83 bits per heavy atom. The number of hydrogen-bond donors (Lipinski definition) is 0. The monoisotopic (exact) mass is 222 g/mol. The topological polar surface area (TPSA) is 17.1 Å². The van der Waals surface area contributed by atoms with Crippen molar-refractivity contribution in [2.24, 2.45) is 0 Å². The number of fused-ring (bicyclic) bond motifs is 1. The summed E-state index contributed by atoms with van der Waals surface area (Å²) in [6.45, 7) is 1.84. The summed E-state index contributed by atoms with van der Waals surface area (Å²) in [6.07, 6.45) is 1.92. The molecular formula is C10H7BrO. The average Bonchev–Trinajstić information content (AvgIpc) is 2.28. The quantitative estimate of drug-likeness (QED) is 0.660. The Kier molecular flexibility index (Phi) is 1.65. The molecule has 0 N–H and O–H groups in total. The summed E-state index contributed by atoms with van der Waals surface area (Å²) in [7, 11) is 0. The van der Waals surface area contributed by atoms with Gasteiger partial charge < -0.3 is 0 Å². The van der Waals surface area contributed by atoms with Crippen LogP contribution >= 0.6 is 15.9 Å². The molecule has 12 heavy (non-hydrogen) atoms. The zero-order valence-electron chi connectivity index (χ0n) is 6.60. The highest BCUT2D eigenvalue weighted by Gasteiger charge is 2.18. The van der Waals surface area contributed by atoms with Gasteiger partial charge in [-0.2, -0.15) is 0 Å². The Labute approximate surface area is 79.2 Å². The minimum atomic E-state index is 0.150. The first-order valence-corrected chi connectivity index (χ1v) is 4.50. The van der Waals surface area contributed by atoms with E-state index in [1.165, 1.54) is 0 Å². The van der Waals surface area contributed by atoms with Crippen LogP contribution < -0.4 is 0 Å². The predicted octanol–water partition coefficient (Wildman–Crippen LogP) is 3.05. The largest absolute Gasteiger partial charge is 0.289 e. The van der Waals surface area contributed by atoms with Crippen LogP contribution in [0.1, 0.15) is 22.8 Å². The Morgan fingerprint density at radius 1 is 1.33 bits per heavy atom. The number of Topliss-reactive ketones (excluding diaryl/α,β-unsaturated/α-hetero) is 1. The number of carbonyl (C=O) groups excluding carboxylic acids is 1. The highest BCUT2D eigenvalue weighted by atomic mass is 79.9. The van der Waals surface area contributed by atoms with Crippen molar-refractivity contribution in [1.82, 2.24) is 0 Å². The predicted molar refractivity (Wildman–Crippen MR) is 52.1 cm³/mol. The molecule has 1 aliphatic carbocycles. The molecular weight excluding hydrogens is 216 g/mol. The van der Waals surface area contributed by atoms with Crippen LogP contribution in [0.4, 0.5) is 0 Å². The summed E-state index contributed by atoms with van der Waals surface area (Å²) in [5.41, 5.74) is 2.66. The van der Waals surface area contributed by atoms with Gasteiger partial charge in [0.15, 0.2) is 5.78 Å². The molecule has 2 rings (SSSR count). The van der Waals surface area contributed by atoms with Gasteiger partial charge in [0.05, 0.1) is 0 Å². The van der Waals surface area contributed by atoms with Crippen molar-refractivity contribution in [1.29, 1.82) is 0 Å². The summed E-state index contributed by atoms with van der Waals surface area (Å²) >= 11 is 3.36. The molecule has 0 heterocycles. The van der Waals surface area contributed by atoms with E-state index in [1.807, 2.05) is 31.2 Å². The van der Waals surface area contributed by atoms with Gasteiger partial charge in [-0.1, -0.05) is 15.9 Å². The molecule has 1 aromatic rings. The summed E-state index contributed by atoms with van der Waals surface area (Å²) in [5.74, 6) is 0.150. The fourth-order valence-corrected chi connectivity index (χ4v) is 1.75. The van der Waals surface area contributed by atoms with Crippen molar-refractivity contribution in [3.05, 3.63) is 39.4 Å². The van der Waals surface area contributed by atoms with Crippen LogP contribution in [0.5, 0.6) is 0 Å². The van der Waals surface area contributed by atoms with E-state index >= 15 is 0 Å². The van der Waals surface area contributed by atoms with E-state index in [1.54, 1.807) is 0 Å². The van der Waals surface area contributed by atoms with E-state index in [-0.39, 0.29) is 5.78 Å². The van der Waals surface area contributed by atoms with Gasteiger partial charge in [-0.05, 0) is 42.3 Å². The summed E-state index contributed by atoms with van der Waals surface area (Å²) in [6, 6.07) is 5.71. The van der Waals surface area contributed by atoms with E-state index in [0.29, 0.717) is 0 Å². The van der Waals surface area contributed by atoms with Crippen molar-refractivity contribution in [2.45, 2.75) is 6.92 Å². The number of ketones is 1. The summed E-state index contributed by atoms with van der Waals surface area (Å²) < 4.78 is 1.01. The van der Waals surface area contributed by atoms with E-state index in [9.17, 15) is 4.79 Å². The number of benzene rings is 1. The lowest BCUT2D eigenvalue weighted by molar-refractivity contribution is 0.103. The highest BCUT2D eigenvalue weighted by molar-refractivity contribution is 9.10. The standard InChI is InChI=1S/C10H7BrO/c1-6-4-7-5-8(11)2-3-9(7)10(6)12/h2-5H,1H3. The zero-order valence-corrected chi connectivity index (χ0v) is 8.18. The number of hydrogen-bond acceptors (Lipinski definition) is 1. The molecule has 0 spiro atoms. The maximum atomic E-state index is 11.4. The minimum Gasteiger partial charge on any atom is -0.289 e. The molecule has 2 heteroatoms. The van der Waals surface area contributed by atoms with E-state index < -0.39 is 0 Å². The molecule has 0 aliphatic heterocycles. The Morgan fingerprint density at radius 2 is 2.08 bits per heavy atom. The van der Waals surface area contributed by atoms with Crippen LogP contribution in [0.15, 0.2) is 28.2 Å². The zero-order chi connectivity index (χ0) is 8.72. The maximum Gasteiger partial charge on any atom is 0.189 e. The Balaban J connectivity index is 2.65. The lowest BCUT2D eigenvalue weighted by Gasteiger charge is -1.96. The van der Waals surface area contributed by atoms with Crippen LogP contribution in [0.2, 0.25) is 0 Å². The third kappa shape index (κ3) is 1.03. The second-order valence-electron chi connectivity index (χ2n) is 2.89. The molecule has 0 fully saturated rings. The van der Waals surface area contributed by atoms with Crippen molar-refractivity contribution < 1.29 is 4.79 Å². The lowest BCUT2D eigenvalue weighted by Crippen LogP contribution is -1.94. The summed E-state index contributed by atoms with van der Waals surface area (Å²) in [4.78, 5) is 11.4. The fraction of sp³-hybridized carbons (Fsp3) is 0.100. The second-order valence-corrected chi connectivity index (χ2v) is 3.80. The molecule has 1 aromatic carbocycles. The van der Waals surface area contributed by atoms with Gasteiger partial charge in [0.1, 0.15) is 0 Å². The van der Waals surface area contributed by atoms with Gasteiger partial charge >= 0.3 is 0 Å². The highest BCUT2D eigenvalue weighted by Crippen LogP contribution is 2.27. The van der Waals surface area contributed by atoms with Crippen molar-refractivity contribution in [2.75, 3.05) is 0 Å². The number of allylic oxidation sites excluding steroid dienone is 1. The molecule has 1 aliphatic rings. The molecule has 0 amide bonds. The average molecular weight is 223 g/mol. The maximum absolute atomic E-state index is 11.4. The van der Waals surface area contributed by atoms with Crippen molar-refractivity contribution in [3.8, 4) is 0 Å². The van der Waals surface area contributed by atoms with Gasteiger partial charge in [0.25, 0.3) is 0 Å². The van der Waals surface area contributed by atoms with Crippen LogP contribution in [0.3, 0.4) is 0 Å². The molecule has 0 bridgehead atoms. The molecule has 0 unspecified atom stereocenters. The van der Waals surface area contributed by atoms with Crippen LogP contribution in [0, 0.1) is 0 Å². The first kappa shape index (κ1) is 7.74. The van der Waals surface area contributed by atoms with Crippen molar-refractivity contribution in [3.63, 3.8) is 0 Å². The molecule has 0 aromatic heterocycles. The molecule has 60 valence electrons. The van der Waals surface area contributed by atoms with Crippen LogP contribution in [0.25, 0.3) is 6.08 Å². The Bertz CT molecular complexity index is 391. The van der Waals surface area contributed by atoms with Gasteiger partial charge in [-0.25, -0.2) is 0 Å². The summed E-state index contributed by atoms with van der Waals surface area (Å²) in [5, 5.41) is 0. The van der Waals surface area contributed by atoms with Crippen molar-refractivity contribution >= 4 is 27.8 Å². The normalized spacial score (nSPS) is 14.5. The first-order chi connectivity index (χ1) is 5.68. The van der Waals surface area contributed by atoms with Crippen LogP contribution in [-0.4, -0.2) is 5.78 Å². The third-order valence-electron chi connectivity index (χ3n) is 1.99. The fourth-order valence-electron chi connectivity index (χ4n) is 1.37. The Hall–Kier alpha value is -0.890. The van der Waals surface area contributed by atoms with Crippen LogP contribution in [-0.2, 0) is 0 Å². The minimum absolute atomic E-state index is 0.150. The van der Waals surface area contributed by atoms with Gasteiger partial charge in [0.2, 0.25) is 0 Å². The van der Waals surface area contributed by atoms with E-state index in [4.69, 9.17) is 0 Å².